The second-order valence-electron chi connectivity index (χ2n) is 4.46. The van der Waals surface area contributed by atoms with Gasteiger partial charge in [0.1, 0.15) is 4.32 Å². The van der Waals surface area contributed by atoms with E-state index < -0.39 is 17.9 Å². The molecule has 0 unspecified atom stereocenters. The monoisotopic (exact) mass is 306 g/mol. The van der Waals surface area contributed by atoms with E-state index >= 15 is 0 Å². The van der Waals surface area contributed by atoms with Gasteiger partial charge in [0.05, 0.1) is 16.9 Å². The van der Waals surface area contributed by atoms with Gasteiger partial charge in [0, 0.05) is 0 Å². The van der Waals surface area contributed by atoms with Crippen molar-refractivity contribution >= 4 is 46.3 Å². The van der Waals surface area contributed by atoms with Crippen LogP contribution >= 0.6 is 24.0 Å². The Balaban J connectivity index is 2.28. The molecule has 0 aliphatic carbocycles. The summed E-state index contributed by atoms with van der Waals surface area (Å²) >= 11 is 6.17. The Labute approximate surface area is 126 Å². The molecule has 0 saturated carbocycles. The van der Waals surface area contributed by atoms with Crippen LogP contribution in [-0.4, -0.2) is 27.1 Å². The van der Waals surface area contributed by atoms with Crippen molar-refractivity contribution in [2.45, 2.75) is 19.9 Å². The molecule has 1 heterocycles. The quantitative estimate of drug-likeness (QED) is 0.623. The van der Waals surface area contributed by atoms with Gasteiger partial charge in [0.2, 0.25) is 0 Å². The Morgan fingerprint density at radius 1 is 1.40 bits per heavy atom. The van der Waals surface area contributed by atoms with E-state index in [1.165, 1.54) is 6.92 Å². The predicted octanol–water partition coefficient (Wildman–Crippen LogP) is 1.33. The van der Waals surface area contributed by atoms with E-state index in [9.17, 15) is 14.7 Å². The number of thioether (sulfide) groups is 1. The molecule has 20 heavy (non-hydrogen) atoms. The molecule has 104 valence electrons. The summed E-state index contributed by atoms with van der Waals surface area (Å²) in [5, 5.41) is 10.9. The van der Waals surface area contributed by atoms with Gasteiger partial charge in [-0.2, -0.15) is 0 Å². The third-order valence-corrected chi connectivity index (χ3v) is 4.26. The average Bonchev–Trinajstić information content (AvgIpc) is 2.66. The summed E-state index contributed by atoms with van der Waals surface area (Å²) in [5.74, 6) is -1.71. The largest absolute Gasteiger partial charge is 0.548 e. The second-order valence-corrected chi connectivity index (χ2v) is 6.13. The van der Waals surface area contributed by atoms with Gasteiger partial charge in [-0.15, -0.1) is 0 Å². The summed E-state index contributed by atoms with van der Waals surface area (Å²) in [4.78, 5) is 24.6. The summed E-state index contributed by atoms with van der Waals surface area (Å²) < 4.78 is 0.241. The van der Waals surface area contributed by atoms with Crippen LogP contribution in [-0.2, 0) is 9.59 Å². The van der Waals surface area contributed by atoms with Crippen molar-refractivity contribution in [1.82, 2.24) is 4.90 Å². The number of thiocarbonyl (C=S) groups is 1. The number of hydrogen-bond acceptors (Lipinski definition) is 5. The molecular formula is C14H12NO3S2-. The highest BCUT2D eigenvalue weighted by molar-refractivity contribution is 8.26. The molecule has 1 atom stereocenters. The van der Waals surface area contributed by atoms with Gasteiger partial charge in [-0.3, -0.25) is 9.69 Å². The third-order valence-electron chi connectivity index (χ3n) is 2.93. The minimum atomic E-state index is -1.32. The van der Waals surface area contributed by atoms with Crippen molar-refractivity contribution in [3.63, 3.8) is 0 Å². The third kappa shape index (κ3) is 2.91. The number of carbonyl (C=O) groups excluding carboxylic acids is 2. The summed E-state index contributed by atoms with van der Waals surface area (Å²) in [6.07, 6.45) is 1.71. The van der Waals surface area contributed by atoms with E-state index in [0.717, 1.165) is 27.8 Å². The van der Waals surface area contributed by atoms with Gasteiger partial charge >= 0.3 is 0 Å². The van der Waals surface area contributed by atoms with Gasteiger partial charge in [0.15, 0.2) is 0 Å². The molecule has 1 fully saturated rings. The molecule has 0 spiro atoms. The number of carboxylic acid groups (broad SMARTS) is 1. The SMILES string of the molecule is Cc1ccc(/C=C2/SC(=S)N([C@@H](C)C(=O)[O-])C2=O)cc1. The second kappa shape index (κ2) is 5.76. The van der Waals surface area contributed by atoms with Crippen molar-refractivity contribution in [2.75, 3.05) is 0 Å². The molecule has 0 radical (unpaired) electrons. The lowest BCUT2D eigenvalue weighted by atomic mass is 10.1. The van der Waals surface area contributed by atoms with Crippen molar-refractivity contribution in [3.05, 3.63) is 40.3 Å². The zero-order valence-corrected chi connectivity index (χ0v) is 12.6. The van der Waals surface area contributed by atoms with E-state index in [0.29, 0.717) is 4.91 Å². The van der Waals surface area contributed by atoms with E-state index in [2.05, 4.69) is 0 Å². The number of benzene rings is 1. The van der Waals surface area contributed by atoms with Gasteiger partial charge < -0.3 is 9.90 Å². The summed E-state index contributed by atoms with van der Waals surface area (Å²) in [5.41, 5.74) is 2.00. The zero-order chi connectivity index (χ0) is 14.9. The van der Waals surface area contributed by atoms with Crippen molar-refractivity contribution in [1.29, 1.82) is 0 Å². The molecule has 1 aliphatic heterocycles. The lowest BCUT2D eigenvalue weighted by Gasteiger charge is -2.23. The topological polar surface area (TPSA) is 60.4 Å². The molecule has 0 N–H and O–H groups in total. The molecule has 1 amide bonds. The standard InChI is InChI=1S/C14H13NO3S2/c1-8-3-5-10(6-4-8)7-11-12(16)15(14(19)20-11)9(2)13(17)18/h3-7,9H,1-2H3,(H,17,18)/p-1/b11-7+/t9-/m0/s1. The number of aryl methyl sites for hydroxylation is 1. The van der Waals surface area contributed by atoms with E-state index in [1.807, 2.05) is 31.2 Å². The summed E-state index contributed by atoms with van der Waals surface area (Å²) in [6.45, 7) is 3.36. The van der Waals surface area contributed by atoms with Crippen LogP contribution < -0.4 is 5.11 Å². The number of aliphatic carboxylic acids is 1. The molecule has 1 aromatic carbocycles. The van der Waals surface area contributed by atoms with Crippen LogP contribution in [0.4, 0.5) is 0 Å². The fourth-order valence-corrected chi connectivity index (χ4v) is 3.15. The molecule has 6 heteroatoms. The molecular weight excluding hydrogens is 294 g/mol. The minimum absolute atomic E-state index is 0.241. The Morgan fingerprint density at radius 2 is 2.00 bits per heavy atom. The molecule has 2 rings (SSSR count). The van der Waals surface area contributed by atoms with Gasteiger partial charge in [-0.1, -0.05) is 53.8 Å². The molecule has 4 nitrogen and oxygen atoms in total. The van der Waals surface area contributed by atoms with Crippen LogP contribution in [0, 0.1) is 6.92 Å². The minimum Gasteiger partial charge on any atom is -0.548 e. The van der Waals surface area contributed by atoms with Crippen molar-refractivity contribution in [2.24, 2.45) is 0 Å². The number of amides is 1. The van der Waals surface area contributed by atoms with E-state index in [-0.39, 0.29) is 4.32 Å². The maximum Gasteiger partial charge on any atom is 0.266 e. The zero-order valence-electron chi connectivity index (χ0n) is 11.0. The molecule has 1 aliphatic rings. The van der Waals surface area contributed by atoms with E-state index in [4.69, 9.17) is 12.2 Å². The normalized spacial score (nSPS) is 18.7. The fourth-order valence-electron chi connectivity index (χ4n) is 1.73. The highest BCUT2D eigenvalue weighted by atomic mass is 32.2. The highest BCUT2D eigenvalue weighted by Gasteiger charge is 2.35. The first-order valence-corrected chi connectivity index (χ1v) is 7.17. The lowest BCUT2D eigenvalue weighted by Crippen LogP contribution is -2.48. The Hall–Kier alpha value is -1.66. The van der Waals surface area contributed by atoms with Gasteiger partial charge in [0.25, 0.3) is 5.91 Å². The maximum atomic E-state index is 12.2. The van der Waals surface area contributed by atoms with E-state index in [1.54, 1.807) is 6.08 Å². The van der Waals surface area contributed by atoms with Crippen LogP contribution in [0.25, 0.3) is 6.08 Å². The summed E-state index contributed by atoms with van der Waals surface area (Å²) in [6, 6.07) is 6.60. The lowest BCUT2D eigenvalue weighted by molar-refractivity contribution is -0.309. The number of carbonyl (C=O) groups is 2. The average molecular weight is 306 g/mol. The molecule has 0 bridgehead atoms. The molecule has 0 aromatic heterocycles. The fraction of sp³-hybridized carbons (Fsp3) is 0.214. The predicted molar refractivity (Wildman–Crippen MR) is 80.7 cm³/mol. The van der Waals surface area contributed by atoms with Crippen LogP contribution in [0.3, 0.4) is 0 Å². The molecule has 1 saturated heterocycles. The number of hydrogen-bond donors (Lipinski definition) is 0. The first-order chi connectivity index (χ1) is 9.40. The van der Waals surface area contributed by atoms with Gasteiger partial charge in [-0.25, -0.2) is 0 Å². The van der Waals surface area contributed by atoms with Crippen molar-refractivity contribution in [3.8, 4) is 0 Å². The highest BCUT2D eigenvalue weighted by Crippen LogP contribution is 2.33. The Morgan fingerprint density at radius 3 is 2.55 bits per heavy atom. The summed E-state index contributed by atoms with van der Waals surface area (Å²) in [7, 11) is 0. The van der Waals surface area contributed by atoms with Crippen LogP contribution in [0.5, 0.6) is 0 Å². The number of carboxylic acids is 1. The van der Waals surface area contributed by atoms with Crippen LogP contribution in [0.2, 0.25) is 0 Å². The first kappa shape index (κ1) is 14.7. The van der Waals surface area contributed by atoms with Crippen LogP contribution in [0.1, 0.15) is 18.1 Å². The number of rotatable bonds is 3. The first-order valence-electron chi connectivity index (χ1n) is 5.94. The Kier molecular flexibility index (Phi) is 4.25. The van der Waals surface area contributed by atoms with Crippen LogP contribution in [0.15, 0.2) is 29.2 Å². The smallest absolute Gasteiger partial charge is 0.266 e. The number of nitrogens with zero attached hydrogens (tertiary/aromatic N) is 1. The Bertz CT molecular complexity index is 607. The molecule has 1 aromatic rings. The maximum absolute atomic E-state index is 12.2. The van der Waals surface area contributed by atoms with Crippen molar-refractivity contribution < 1.29 is 14.7 Å². The van der Waals surface area contributed by atoms with Gasteiger partial charge in [-0.05, 0) is 25.5 Å².